The van der Waals surface area contributed by atoms with Crippen LogP contribution in [0.2, 0.25) is 0 Å². The van der Waals surface area contributed by atoms with Crippen molar-refractivity contribution in [3.63, 3.8) is 0 Å². The molecule has 1 aliphatic heterocycles. The highest BCUT2D eigenvalue weighted by atomic mass is 16.3. The first-order valence-electron chi connectivity index (χ1n) is 4.90. The third kappa shape index (κ3) is 1.53. The Hall–Kier alpha value is -1.29. The normalized spacial score (nSPS) is 21.5. The van der Waals surface area contributed by atoms with Crippen molar-refractivity contribution in [2.24, 2.45) is 0 Å². The van der Waals surface area contributed by atoms with E-state index in [1.165, 1.54) is 0 Å². The number of anilines is 2. The van der Waals surface area contributed by atoms with Gasteiger partial charge < -0.3 is 15.7 Å². The van der Waals surface area contributed by atoms with Crippen molar-refractivity contribution in [2.45, 2.75) is 18.9 Å². The van der Waals surface area contributed by atoms with E-state index < -0.39 is 0 Å². The van der Waals surface area contributed by atoms with Gasteiger partial charge >= 0.3 is 0 Å². The predicted octanol–water partition coefficient (Wildman–Crippen LogP) is 0.625. The molecule has 14 heavy (non-hydrogen) atoms. The first-order valence-corrected chi connectivity index (χ1v) is 4.90. The van der Waals surface area contributed by atoms with Crippen molar-refractivity contribution < 1.29 is 5.11 Å². The quantitative estimate of drug-likeness (QED) is 0.723. The van der Waals surface area contributed by atoms with E-state index in [0.717, 1.165) is 25.1 Å². The van der Waals surface area contributed by atoms with Crippen LogP contribution in [0.15, 0.2) is 18.5 Å². The molecule has 1 atom stereocenters. The molecule has 1 saturated heterocycles. The minimum atomic E-state index is 0.196. The van der Waals surface area contributed by atoms with Gasteiger partial charge in [0, 0.05) is 12.7 Å². The summed E-state index contributed by atoms with van der Waals surface area (Å²) in [7, 11) is 0. The van der Waals surface area contributed by atoms with E-state index in [1.807, 2.05) is 6.07 Å². The molecule has 0 amide bonds. The van der Waals surface area contributed by atoms with Gasteiger partial charge in [0.2, 0.25) is 0 Å². The molecule has 4 nitrogen and oxygen atoms in total. The second-order valence-corrected chi connectivity index (χ2v) is 3.61. The standard InChI is InChI=1S/C10H15N3O/c11-9-6-12-4-3-10(9)13-5-1-2-8(13)7-14/h3-4,6,8,14H,1-2,5,7,11H2. The van der Waals surface area contributed by atoms with Gasteiger partial charge in [-0.3, -0.25) is 4.98 Å². The number of aromatic nitrogens is 1. The lowest BCUT2D eigenvalue weighted by Gasteiger charge is -2.26. The summed E-state index contributed by atoms with van der Waals surface area (Å²) in [6.07, 6.45) is 5.55. The number of aliphatic hydroxyl groups is 1. The third-order valence-corrected chi connectivity index (χ3v) is 2.73. The first-order chi connectivity index (χ1) is 6.83. The van der Waals surface area contributed by atoms with Crippen molar-refractivity contribution in [1.82, 2.24) is 4.98 Å². The van der Waals surface area contributed by atoms with Crippen molar-refractivity contribution in [2.75, 3.05) is 23.8 Å². The highest BCUT2D eigenvalue weighted by Crippen LogP contribution is 2.28. The summed E-state index contributed by atoms with van der Waals surface area (Å²) in [5.74, 6) is 0. The monoisotopic (exact) mass is 193 g/mol. The molecule has 0 spiro atoms. The molecule has 2 heterocycles. The summed E-state index contributed by atoms with van der Waals surface area (Å²) < 4.78 is 0. The van der Waals surface area contributed by atoms with Gasteiger partial charge in [-0.25, -0.2) is 0 Å². The fraction of sp³-hybridized carbons (Fsp3) is 0.500. The molecule has 1 aromatic heterocycles. The maximum Gasteiger partial charge on any atom is 0.0738 e. The predicted molar refractivity (Wildman–Crippen MR) is 56.1 cm³/mol. The van der Waals surface area contributed by atoms with E-state index in [2.05, 4.69) is 9.88 Å². The Kier molecular flexibility index (Phi) is 2.54. The maximum atomic E-state index is 9.19. The van der Waals surface area contributed by atoms with Gasteiger partial charge in [-0.05, 0) is 18.9 Å². The summed E-state index contributed by atoms with van der Waals surface area (Å²) in [4.78, 5) is 6.12. The Morgan fingerprint density at radius 3 is 3.21 bits per heavy atom. The van der Waals surface area contributed by atoms with Crippen LogP contribution in [-0.2, 0) is 0 Å². The maximum absolute atomic E-state index is 9.19. The number of rotatable bonds is 2. The van der Waals surface area contributed by atoms with E-state index >= 15 is 0 Å². The van der Waals surface area contributed by atoms with E-state index in [4.69, 9.17) is 5.73 Å². The molecule has 3 N–H and O–H groups in total. The molecular weight excluding hydrogens is 178 g/mol. The zero-order chi connectivity index (χ0) is 9.97. The van der Waals surface area contributed by atoms with Crippen LogP contribution in [0.4, 0.5) is 11.4 Å². The second kappa shape index (κ2) is 3.84. The van der Waals surface area contributed by atoms with E-state index in [1.54, 1.807) is 12.4 Å². The molecule has 0 aliphatic carbocycles. The van der Waals surface area contributed by atoms with Crippen LogP contribution in [0.3, 0.4) is 0 Å². The van der Waals surface area contributed by atoms with Crippen LogP contribution in [0.1, 0.15) is 12.8 Å². The minimum Gasteiger partial charge on any atom is -0.396 e. The van der Waals surface area contributed by atoms with Crippen molar-refractivity contribution in [3.05, 3.63) is 18.5 Å². The smallest absolute Gasteiger partial charge is 0.0738 e. The lowest BCUT2D eigenvalue weighted by molar-refractivity contribution is 0.266. The molecule has 4 heteroatoms. The molecule has 1 unspecified atom stereocenters. The summed E-state index contributed by atoms with van der Waals surface area (Å²) in [6.45, 7) is 1.17. The number of aliphatic hydroxyl groups excluding tert-OH is 1. The Balaban J connectivity index is 2.26. The fourth-order valence-corrected chi connectivity index (χ4v) is 2.00. The molecule has 1 aliphatic rings. The van der Waals surface area contributed by atoms with Gasteiger partial charge in [0.25, 0.3) is 0 Å². The summed E-state index contributed by atoms with van der Waals surface area (Å²) in [6, 6.07) is 2.13. The van der Waals surface area contributed by atoms with E-state index in [-0.39, 0.29) is 12.6 Å². The number of hydrogen-bond donors (Lipinski definition) is 2. The van der Waals surface area contributed by atoms with Gasteiger partial charge in [0.05, 0.1) is 30.2 Å². The minimum absolute atomic E-state index is 0.196. The van der Waals surface area contributed by atoms with Gasteiger partial charge in [0.1, 0.15) is 0 Å². The number of nitrogen functional groups attached to an aromatic ring is 1. The highest BCUT2D eigenvalue weighted by molar-refractivity contribution is 5.66. The third-order valence-electron chi connectivity index (χ3n) is 2.73. The molecule has 0 aromatic carbocycles. The van der Waals surface area contributed by atoms with Crippen molar-refractivity contribution >= 4 is 11.4 Å². The highest BCUT2D eigenvalue weighted by Gasteiger charge is 2.24. The summed E-state index contributed by atoms with van der Waals surface area (Å²) in [5, 5.41) is 9.19. The van der Waals surface area contributed by atoms with Gasteiger partial charge in [0.15, 0.2) is 0 Å². The molecule has 1 aromatic rings. The van der Waals surface area contributed by atoms with Crippen LogP contribution in [0.25, 0.3) is 0 Å². The average molecular weight is 193 g/mol. The largest absolute Gasteiger partial charge is 0.396 e. The Labute approximate surface area is 83.4 Å². The number of nitrogens with zero attached hydrogens (tertiary/aromatic N) is 2. The lowest BCUT2D eigenvalue weighted by Crippen LogP contribution is -2.32. The van der Waals surface area contributed by atoms with Crippen LogP contribution in [0, 0.1) is 0 Å². The Bertz CT molecular complexity index is 316. The molecule has 76 valence electrons. The van der Waals surface area contributed by atoms with Crippen LogP contribution < -0.4 is 10.6 Å². The van der Waals surface area contributed by atoms with E-state index in [9.17, 15) is 5.11 Å². The average Bonchev–Trinajstić information content (AvgIpc) is 2.66. The Morgan fingerprint density at radius 1 is 1.64 bits per heavy atom. The molecule has 0 radical (unpaired) electrons. The molecule has 0 saturated carbocycles. The van der Waals surface area contributed by atoms with Gasteiger partial charge in [-0.1, -0.05) is 0 Å². The lowest BCUT2D eigenvalue weighted by atomic mass is 10.2. The fourth-order valence-electron chi connectivity index (χ4n) is 2.00. The SMILES string of the molecule is Nc1cnccc1N1CCCC1CO. The molecular formula is C10H15N3O. The zero-order valence-electron chi connectivity index (χ0n) is 8.06. The van der Waals surface area contributed by atoms with Crippen molar-refractivity contribution in [3.8, 4) is 0 Å². The molecule has 2 rings (SSSR count). The van der Waals surface area contributed by atoms with E-state index in [0.29, 0.717) is 5.69 Å². The molecule has 1 fully saturated rings. The van der Waals surface area contributed by atoms with Crippen LogP contribution >= 0.6 is 0 Å². The second-order valence-electron chi connectivity index (χ2n) is 3.61. The topological polar surface area (TPSA) is 62.4 Å². The zero-order valence-corrected chi connectivity index (χ0v) is 8.06. The van der Waals surface area contributed by atoms with Crippen molar-refractivity contribution in [1.29, 1.82) is 0 Å². The van der Waals surface area contributed by atoms with Crippen LogP contribution in [0.5, 0.6) is 0 Å². The van der Waals surface area contributed by atoms with Crippen LogP contribution in [-0.4, -0.2) is 29.3 Å². The Morgan fingerprint density at radius 2 is 2.50 bits per heavy atom. The summed E-state index contributed by atoms with van der Waals surface area (Å²) in [5.41, 5.74) is 7.52. The van der Waals surface area contributed by atoms with Gasteiger partial charge in [-0.2, -0.15) is 0 Å². The van der Waals surface area contributed by atoms with Gasteiger partial charge in [-0.15, -0.1) is 0 Å². The number of hydrogen-bond acceptors (Lipinski definition) is 4. The first kappa shape index (κ1) is 9.27. The summed E-state index contributed by atoms with van der Waals surface area (Å²) >= 11 is 0. The number of pyridine rings is 1. The molecule has 0 bridgehead atoms. The number of nitrogens with two attached hydrogens (primary N) is 1.